The number of amides is 1. The lowest BCUT2D eigenvalue weighted by Gasteiger charge is -2.21. The topological polar surface area (TPSA) is 55.2 Å². The zero-order chi connectivity index (χ0) is 17.4. The number of carbonyl (C=O) groups is 1. The number of fused-ring (bicyclic) bond motifs is 1. The molecule has 126 valence electrons. The van der Waals surface area contributed by atoms with Crippen molar-refractivity contribution in [2.45, 2.75) is 25.8 Å². The third kappa shape index (κ3) is 2.71. The van der Waals surface area contributed by atoms with E-state index < -0.39 is 0 Å². The highest BCUT2D eigenvalue weighted by atomic mass is 16.2. The molecule has 1 saturated carbocycles. The van der Waals surface area contributed by atoms with E-state index in [-0.39, 0.29) is 11.5 Å². The second kappa shape index (κ2) is 6.16. The number of carbonyl (C=O) groups excluding carboxylic acids is 1. The maximum absolute atomic E-state index is 13.1. The van der Waals surface area contributed by atoms with Crippen molar-refractivity contribution in [1.82, 2.24) is 14.7 Å². The summed E-state index contributed by atoms with van der Waals surface area (Å²) in [7, 11) is 0. The second-order valence-electron chi connectivity index (χ2n) is 6.27. The Morgan fingerprint density at radius 2 is 1.72 bits per heavy atom. The predicted octanol–water partition coefficient (Wildman–Crippen LogP) is 3.01. The molecule has 0 N–H and O–H groups in total. The minimum absolute atomic E-state index is 0.106. The minimum Gasteiger partial charge on any atom is -0.335 e. The Morgan fingerprint density at radius 3 is 2.36 bits per heavy atom. The molecule has 0 bridgehead atoms. The van der Waals surface area contributed by atoms with Gasteiger partial charge < -0.3 is 4.90 Å². The van der Waals surface area contributed by atoms with Crippen LogP contribution in [0.2, 0.25) is 0 Å². The molecule has 1 fully saturated rings. The Kier molecular flexibility index (Phi) is 3.84. The van der Waals surface area contributed by atoms with Crippen LogP contribution in [0.25, 0.3) is 16.5 Å². The molecule has 5 nitrogen and oxygen atoms in total. The molecule has 0 spiro atoms. The fraction of sp³-hybridized carbons (Fsp3) is 0.250. The fourth-order valence-corrected chi connectivity index (χ4v) is 3.18. The quantitative estimate of drug-likeness (QED) is 0.737. The molecule has 4 rings (SSSR count). The Hall–Kier alpha value is -2.95. The van der Waals surface area contributed by atoms with Crippen LogP contribution >= 0.6 is 0 Å². The summed E-state index contributed by atoms with van der Waals surface area (Å²) in [6, 6.07) is 16.7. The number of aromatic nitrogens is 2. The summed E-state index contributed by atoms with van der Waals surface area (Å²) in [5.41, 5.74) is 0.780. The van der Waals surface area contributed by atoms with Crippen molar-refractivity contribution in [3.63, 3.8) is 0 Å². The van der Waals surface area contributed by atoms with Crippen molar-refractivity contribution >= 4 is 16.7 Å². The Labute approximate surface area is 145 Å². The van der Waals surface area contributed by atoms with Crippen LogP contribution in [0.15, 0.2) is 59.4 Å². The largest absolute Gasteiger partial charge is 0.335 e. The van der Waals surface area contributed by atoms with Crippen molar-refractivity contribution in [3.05, 3.63) is 70.6 Å². The molecular formula is C20H19N3O2. The summed E-state index contributed by atoms with van der Waals surface area (Å²) in [5.74, 6) is -0.106. The smallest absolute Gasteiger partial charge is 0.279 e. The van der Waals surface area contributed by atoms with Crippen molar-refractivity contribution in [2.75, 3.05) is 6.54 Å². The maximum atomic E-state index is 13.1. The molecule has 1 heterocycles. The normalized spacial score (nSPS) is 13.8. The van der Waals surface area contributed by atoms with E-state index in [1.807, 2.05) is 54.3 Å². The molecule has 0 radical (unpaired) electrons. The van der Waals surface area contributed by atoms with Gasteiger partial charge in [-0.05, 0) is 38.0 Å². The van der Waals surface area contributed by atoms with Gasteiger partial charge in [0.05, 0.1) is 11.1 Å². The highest BCUT2D eigenvalue weighted by molar-refractivity contribution is 6.05. The number of rotatable bonds is 4. The van der Waals surface area contributed by atoms with E-state index in [1.165, 1.54) is 4.68 Å². The van der Waals surface area contributed by atoms with E-state index in [2.05, 4.69) is 5.10 Å². The van der Waals surface area contributed by atoms with Gasteiger partial charge >= 0.3 is 0 Å². The summed E-state index contributed by atoms with van der Waals surface area (Å²) in [6.07, 6.45) is 2.08. The molecule has 1 aliphatic carbocycles. The first-order chi connectivity index (χ1) is 12.2. The summed E-state index contributed by atoms with van der Waals surface area (Å²) in [5, 5.41) is 5.59. The SMILES string of the molecule is CCN(C(=O)c1nn(-c2ccccc2)c(=O)c2ccccc12)C1CC1. The molecule has 0 aliphatic heterocycles. The lowest BCUT2D eigenvalue weighted by Crippen LogP contribution is -2.35. The zero-order valence-electron chi connectivity index (χ0n) is 14.1. The monoisotopic (exact) mass is 333 g/mol. The van der Waals surface area contributed by atoms with E-state index in [9.17, 15) is 9.59 Å². The number of nitrogens with zero attached hydrogens (tertiary/aromatic N) is 3. The third-order valence-electron chi connectivity index (χ3n) is 4.60. The maximum Gasteiger partial charge on any atom is 0.279 e. The third-order valence-corrected chi connectivity index (χ3v) is 4.60. The van der Waals surface area contributed by atoms with Crippen LogP contribution in [-0.2, 0) is 0 Å². The first-order valence-electron chi connectivity index (χ1n) is 8.59. The average molecular weight is 333 g/mol. The van der Waals surface area contributed by atoms with E-state index in [4.69, 9.17) is 0 Å². The number of hydrogen-bond donors (Lipinski definition) is 0. The first-order valence-corrected chi connectivity index (χ1v) is 8.59. The predicted molar refractivity (Wildman–Crippen MR) is 97.1 cm³/mol. The Balaban J connectivity index is 1.95. The Morgan fingerprint density at radius 1 is 1.08 bits per heavy atom. The van der Waals surface area contributed by atoms with E-state index >= 15 is 0 Å². The zero-order valence-corrected chi connectivity index (χ0v) is 14.1. The fourth-order valence-electron chi connectivity index (χ4n) is 3.18. The van der Waals surface area contributed by atoms with Gasteiger partial charge in [-0.15, -0.1) is 0 Å². The molecular weight excluding hydrogens is 314 g/mol. The van der Waals surface area contributed by atoms with Gasteiger partial charge in [0.2, 0.25) is 0 Å². The molecule has 0 atom stereocenters. The standard InChI is InChI=1S/C20H19N3O2/c1-2-22(14-12-13-14)20(25)18-16-10-6-7-11-17(16)19(24)23(21-18)15-8-4-3-5-9-15/h3-11,14H,2,12-13H2,1H3. The van der Waals surface area contributed by atoms with E-state index in [0.717, 1.165) is 12.8 Å². The van der Waals surface area contributed by atoms with Gasteiger partial charge in [-0.1, -0.05) is 36.4 Å². The van der Waals surface area contributed by atoms with Crippen LogP contribution in [0, 0.1) is 0 Å². The number of hydrogen-bond acceptors (Lipinski definition) is 3. The van der Waals surface area contributed by atoms with Crippen molar-refractivity contribution in [3.8, 4) is 5.69 Å². The summed E-state index contributed by atoms with van der Waals surface area (Å²) in [4.78, 5) is 27.8. The van der Waals surface area contributed by atoms with Crippen molar-refractivity contribution in [1.29, 1.82) is 0 Å². The molecule has 1 aromatic heterocycles. The van der Waals surface area contributed by atoms with E-state index in [0.29, 0.717) is 34.7 Å². The van der Waals surface area contributed by atoms with Crippen LogP contribution in [0.1, 0.15) is 30.3 Å². The molecule has 2 aromatic carbocycles. The van der Waals surface area contributed by atoms with Gasteiger partial charge in [-0.3, -0.25) is 9.59 Å². The molecule has 3 aromatic rings. The van der Waals surface area contributed by atoms with Crippen LogP contribution in [0.3, 0.4) is 0 Å². The van der Waals surface area contributed by atoms with Gasteiger partial charge in [0.25, 0.3) is 11.5 Å². The van der Waals surface area contributed by atoms with Crippen LogP contribution in [0.5, 0.6) is 0 Å². The summed E-state index contributed by atoms with van der Waals surface area (Å²) in [6.45, 7) is 2.62. The highest BCUT2D eigenvalue weighted by Crippen LogP contribution is 2.28. The molecule has 0 saturated heterocycles. The van der Waals surface area contributed by atoms with Gasteiger partial charge in [0.15, 0.2) is 5.69 Å². The van der Waals surface area contributed by atoms with Gasteiger partial charge in [0, 0.05) is 18.0 Å². The first kappa shape index (κ1) is 15.6. The van der Waals surface area contributed by atoms with Gasteiger partial charge in [-0.25, -0.2) is 0 Å². The molecule has 1 amide bonds. The lowest BCUT2D eigenvalue weighted by molar-refractivity contribution is 0.0747. The van der Waals surface area contributed by atoms with Gasteiger partial charge in [-0.2, -0.15) is 9.78 Å². The van der Waals surface area contributed by atoms with Crippen LogP contribution in [-0.4, -0.2) is 33.2 Å². The lowest BCUT2D eigenvalue weighted by atomic mass is 10.1. The minimum atomic E-state index is -0.215. The second-order valence-corrected chi connectivity index (χ2v) is 6.27. The average Bonchev–Trinajstić information content (AvgIpc) is 3.48. The molecule has 0 unspecified atom stereocenters. The summed E-state index contributed by atoms with van der Waals surface area (Å²) < 4.78 is 1.33. The molecule has 1 aliphatic rings. The molecule has 25 heavy (non-hydrogen) atoms. The molecule has 5 heteroatoms. The number of para-hydroxylation sites is 1. The summed E-state index contributed by atoms with van der Waals surface area (Å²) >= 11 is 0. The highest BCUT2D eigenvalue weighted by Gasteiger charge is 2.33. The van der Waals surface area contributed by atoms with Crippen molar-refractivity contribution < 1.29 is 4.79 Å². The van der Waals surface area contributed by atoms with Crippen molar-refractivity contribution in [2.24, 2.45) is 0 Å². The van der Waals surface area contributed by atoms with Gasteiger partial charge in [0.1, 0.15) is 0 Å². The van der Waals surface area contributed by atoms with Crippen LogP contribution in [0.4, 0.5) is 0 Å². The number of benzene rings is 2. The Bertz CT molecular complexity index is 991. The van der Waals surface area contributed by atoms with E-state index in [1.54, 1.807) is 12.1 Å². The van der Waals surface area contributed by atoms with Crippen LogP contribution < -0.4 is 5.56 Å².